The highest BCUT2D eigenvalue weighted by Gasteiger charge is 2.11. The van der Waals surface area contributed by atoms with E-state index in [2.05, 4.69) is 9.97 Å². The summed E-state index contributed by atoms with van der Waals surface area (Å²) < 4.78 is 12.6. The molecule has 3 aromatic rings. The van der Waals surface area contributed by atoms with E-state index < -0.39 is 11.2 Å². The van der Waals surface area contributed by atoms with E-state index in [1.165, 1.54) is 11.3 Å². The molecule has 1 aromatic carbocycles. The van der Waals surface area contributed by atoms with Crippen LogP contribution in [0.5, 0.6) is 0 Å². The van der Waals surface area contributed by atoms with Crippen LogP contribution in [0.4, 0.5) is 0 Å². The van der Waals surface area contributed by atoms with E-state index >= 15 is 0 Å². The smallest absolute Gasteiger partial charge is 0.279 e. The molecule has 2 heterocycles. The number of rotatable bonds is 4. The van der Waals surface area contributed by atoms with Crippen LogP contribution in [0.15, 0.2) is 47.3 Å². The van der Waals surface area contributed by atoms with E-state index in [0.717, 1.165) is 10.4 Å². The van der Waals surface area contributed by atoms with E-state index in [9.17, 15) is 9.35 Å². The highest BCUT2D eigenvalue weighted by Crippen LogP contribution is 2.24. The van der Waals surface area contributed by atoms with Gasteiger partial charge in [-0.15, -0.1) is 11.3 Å². The molecule has 4 nitrogen and oxygen atoms in total. The van der Waals surface area contributed by atoms with Crippen molar-refractivity contribution in [1.82, 2.24) is 9.97 Å². The predicted molar refractivity (Wildman–Crippen MR) is 91.5 cm³/mol. The Morgan fingerprint density at radius 2 is 1.95 bits per heavy atom. The highest BCUT2D eigenvalue weighted by atomic mass is 32.2. The lowest BCUT2D eigenvalue weighted by Crippen LogP contribution is -2.09. The second kappa shape index (κ2) is 6.56. The average Bonchev–Trinajstić information content (AvgIpc) is 2.55. The van der Waals surface area contributed by atoms with Crippen LogP contribution in [0.1, 0.15) is 12.6 Å². The van der Waals surface area contributed by atoms with Gasteiger partial charge >= 0.3 is 0 Å². The molecule has 0 fully saturated rings. The van der Waals surface area contributed by atoms with Crippen molar-refractivity contribution in [1.29, 1.82) is 0 Å². The fraction of sp³-hybridized carbons (Fsp3) is 0.188. The summed E-state index contributed by atoms with van der Waals surface area (Å²) in [5.41, 5.74) is 1.17. The van der Waals surface area contributed by atoms with Gasteiger partial charge in [0.2, 0.25) is 0 Å². The van der Waals surface area contributed by atoms with Crippen molar-refractivity contribution in [3.63, 3.8) is 0 Å². The molecule has 0 aliphatic heterocycles. The number of hydrogen-bond acceptors (Lipinski definition) is 5. The molecule has 0 spiro atoms. The van der Waals surface area contributed by atoms with Gasteiger partial charge < -0.3 is 4.55 Å². The lowest BCUT2D eigenvalue weighted by Gasteiger charge is -2.08. The Bertz CT molecular complexity index is 864. The molecular formula is C16H14N2O2S2. The second-order valence-electron chi connectivity index (χ2n) is 4.71. The maximum atomic E-state index is 12.1. The number of nitrogens with zero attached hydrogens (tertiary/aromatic N) is 2. The predicted octanol–water partition coefficient (Wildman–Crippen LogP) is 2.99. The Morgan fingerprint density at radius 3 is 2.77 bits per heavy atom. The van der Waals surface area contributed by atoms with Crippen LogP contribution in [-0.2, 0) is 16.9 Å². The van der Waals surface area contributed by atoms with E-state index in [-0.39, 0.29) is 5.56 Å². The number of pyridine rings is 1. The Hall–Kier alpha value is -1.76. The summed E-state index contributed by atoms with van der Waals surface area (Å²) in [6.45, 7) is 1.89. The molecule has 0 saturated heterocycles. The van der Waals surface area contributed by atoms with Crippen LogP contribution in [-0.4, -0.2) is 20.3 Å². The Balaban J connectivity index is 2.04. The van der Waals surface area contributed by atoms with Crippen molar-refractivity contribution in [2.45, 2.75) is 12.7 Å². The lowest BCUT2D eigenvalue weighted by atomic mass is 10.3. The first kappa shape index (κ1) is 15.1. The molecule has 1 unspecified atom stereocenters. The molecule has 0 amide bonds. The first-order valence-electron chi connectivity index (χ1n) is 6.88. The first-order valence-corrected chi connectivity index (χ1v) is 9.19. The van der Waals surface area contributed by atoms with Crippen molar-refractivity contribution in [3.05, 3.63) is 58.5 Å². The van der Waals surface area contributed by atoms with Gasteiger partial charge in [-0.2, -0.15) is 4.98 Å². The number of benzene rings is 1. The van der Waals surface area contributed by atoms with Crippen LogP contribution in [0.25, 0.3) is 20.8 Å². The summed E-state index contributed by atoms with van der Waals surface area (Å²) in [6, 6.07) is 12.9. The maximum Gasteiger partial charge on any atom is 0.279 e. The minimum atomic E-state index is -0.911. The molecule has 22 heavy (non-hydrogen) atoms. The van der Waals surface area contributed by atoms with Gasteiger partial charge in [0.25, 0.3) is 5.56 Å². The van der Waals surface area contributed by atoms with Crippen LogP contribution < -0.4 is 5.56 Å². The topological polar surface area (TPSA) is 65.9 Å². The monoisotopic (exact) mass is 330 g/mol. The number of aromatic nitrogens is 2. The third kappa shape index (κ3) is 3.19. The second-order valence-corrected chi connectivity index (χ2v) is 7.48. The van der Waals surface area contributed by atoms with Crippen molar-refractivity contribution >= 4 is 32.6 Å². The summed E-state index contributed by atoms with van der Waals surface area (Å²) in [4.78, 5) is 20.7. The highest BCUT2D eigenvalue weighted by molar-refractivity contribution is 7.90. The Labute approximate surface area is 135 Å². The maximum absolute atomic E-state index is 12.1. The molecule has 0 bridgehead atoms. The molecule has 2 aromatic heterocycles. The van der Waals surface area contributed by atoms with Gasteiger partial charge in [-0.3, -0.25) is 4.79 Å². The van der Waals surface area contributed by atoms with Crippen LogP contribution in [0.3, 0.4) is 0 Å². The van der Waals surface area contributed by atoms with Crippen LogP contribution in [0, 0.1) is 0 Å². The molecule has 112 valence electrons. The van der Waals surface area contributed by atoms with Crippen molar-refractivity contribution in [2.75, 3.05) is 5.75 Å². The zero-order valence-electron chi connectivity index (χ0n) is 12.0. The van der Waals surface area contributed by atoms with E-state index in [0.29, 0.717) is 27.6 Å². The molecule has 0 radical (unpaired) electrons. The van der Waals surface area contributed by atoms with Gasteiger partial charge in [0, 0.05) is 4.70 Å². The molecule has 3 rings (SSSR count). The third-order valence-electron chi connectivity index (χ3n) is 3.18. The summed E-state index contributed by atoms with van der Waals surface area (Å²) in [6.07, 6.45) is 0. The van der Waals surface area contributed by atoms with Gasteiger partial charge in [-0.25, -0.2) is 4.98 Å². The SMILES string of the molecule is CC[S+]([O-])Cc1cccc(-c2nc(=O)c3ccccc3s2)n1. The van der Waals surface area contributed by atoms with Crippen LogP contribution >= 0.6 is 11.3 Å². The van der Waals surface area contributed by atoms with Crippen molar-refractivity contribution < 1.29 is 4.55 Å². The number of fused-ring (bicyclic) bond motifs is 1. The quantitative estimate of drug-likeness (QED) is 0.690. The molecule has 0 aliphatic carbocycles. The standard InChI is InChI=1S/C16H14N2O2S2/c1-2-22(20)10-11-6-5-8-13(17-11)16-18-15(19)12-7-3-4-9-14(12)21-16/h3-9H,2,10H2,1H3. The molecule has 0 N–H and O–H groups in total. The van der Waals surface area contributed by atoms with Gasteiger partial charge in [0.1, 0.15) is 16.5 Å². The molecular weight excluding hydrogens is 316 g/mol. The lowest BCUT2D eigenvalue weighted by molar-refractivity contribution is 0.595. The average molecular weight is 330 g/mol. The van der Waals surface area contributed by atoms with E-state index in [1.54, 1.807) is 6.07 Å². The van der Waals surface area contributed by atoms with Gasteiger partial charge in [-0.05, 0) is 42.4 Å². The molecule has 1 atom stereocenters. The summed E-state index contributed by atoms with van der Waals surface area (Å²) in [5.74, 6) is 1.03. The largest absolute Gasteiger partial charge is 0.616 e. The van der Waals surface area contributed by atoms with Gasteiger partial charge in [0.15, 0.2) is 0 Å². The minimum absolute atomic E-state index is 0.242. The third-order valence-corrected chi connectivity index (χ3v) is 5.52. The molecule has 0 aliphatic rings. The van der Waals surface area contributed by atoms with E-state index in [4.69, 9.17) is 0 Å². The van der Waals surface area contributed by atoms with Gasteiger partial charge in [0.05, 0.1) is 16.8 Å². The molecule has 6 heteroatoms. The van der Waals surface area contributed by atoms with Crippen molar-refractivity contribution in [3.8, 4) is 10.7 Å². The normalized spacial score (nSPS) is 12.5. The van der Waals surface area contributed by atoms with Crippen LogP contribution in [0.2, 0.25) is 0 Å². The fourth-order valence-electron chi connectivity index (χ4n) is 2.07. The zero-order chi connectivity index (χ0) is 15.5. The fourth-order valence-corrected chi connectivity index (χ4v) is 3.73. The van der Waals surface area contributed by atoms with Crippen molar-refractivity contribution in [2.24, 2.45) is 0 Å². The Morgan fingerprint density at radius 1 is 1.14 bits per heavy atom. The zero-order valence-corrected chi connectivity index (χ0v) is 13.6. The minimum Gasteiger partial charge on any atom is -0.616 e. The summed E-state index contributed by atoms with van der Waals surface area (Å²) in [5, 5.41) is 1.22. The summed E-state index contributed by atoms with van der Waals surface area (Å²) in [7, 11) is 0. The number of hydrogen-bond donors (Lipinski definition) is 0. The van der Waals surface area contributed by atoms with E-state index in [1.807, 2.05) is 43.3 Å². The molecule has 0 saturated carbocycles. The Kier molecular flexibility index (Phi) is 4.52. The summed E-state index contributed by atoms with van der Waals surface area (Å²) >= 11 is 0.527. The van der Waals surface area contributed by atoms with Gasteiger partial charge in [-0.1, -0.05) is 18.2 Å². The first-order chi connectivity index (χ1) is 10.7.